The molecule has 2 amide bonds. The second kappa shape index (κ2) is 9.12. The van der Waals surface area contributed by atoms with E-state index in [1.165, 1.54) is 0 Å². The van der Waals surface area contributed by atoms with Crippen molar-refractivity contribution in [1.82, 2.24) is 10.9 Å². The normalized spacial score (nSPS) is 23.7. The van der Waals surface area contributed by atoms with Gasteiger partial charge in [-0.3, -0.25) is 30.0 Å². The largest absolute Gasteiger partial charge is 0.455 e. The first-order valence-electron chi connectivity index (χ1n) is 10.4. The summed E-state index contributed by atoms with van der Waals surface area (Å²) in [4.78, 5) is 49.9. The minimum atomic E-state index is -0.647. The molecule has 4 rings (SSSR count). The monoisotopic (exact) mass is 420 g/mol. The van der Waals surface area contributed by atoms with Gasteiger partial charge < -0.3 is 4.74 Å². The summed E-state index contributed by atoms with van der Waals surface area (Å²) in [5.74, 6) is -2.33. The molecule has 7 heteroatoms. The number of carbonyl (C=O) groups excluding carboxylic acids is 4. The van der Waals surface area contributed by atoms with Gasteiger partial charge >= 0.3 is 5.97 Å². The number of carbonyl (C=O) groups is 4. The summed E-state index contributed by atoms with van der Waals surface area (Å²) in [6.45, 7) is -0.520. The molecule has 2 aliphatic carbocycles. The highest BCUT2D eigenvalue weighted by Crippen LogP contribution is 2.53. The minimum Gasteiger partial charge on any atom is -0.455 e. The Morgan fingerprint density at radius 3 is 2.00 bits per heavy atom. The topological polar surface area (TPSA) is 102 Å². The number of amides is 2. The van der Waals surface area contributed by atoms with Crippen molar-refractivity contribution in [2.45, 2.75) is 19.3 Å². The number of esters is 1. The Morgan fingerprint density at radius 2 is 1.35 bits per heavy atom. The van der Waals surface area contributed by atoms with Crippen molar-refractivity contribution in [3.8, 4) is 0 Å². The van der Waals surface area contributed by atoms with Crippen LogP contribution in [-0.2, 0) is 14.3 Å². The van der Waals surface area contributed by atoms with Crippen molar-refractivity contribution in [3.63, 3.8) is 0 Å². The first-order chi connectivity index (χ1) is 15.0. The number of rotatable bonds is 6. The van der Waals surface area contributed by atoms with Crippen LogP contribution < -0.4 is 10.9 Å². The van der Waals surface area contributed by atoms with E-state index in [1.807, 2.05) is 18.2 Å². The molecular formula is C24H24N2O5. The number of ether oxygens (including phenoxy) is 1. The van der Waals surface area contributed by atoms with Crippen molar-refractivity contribution in [3.05, 3.63) is 71.8 Å². The van der Waals surface area contributed by atoms with Crippen LogP contribution in [0.1, 0.15) is 40.0 Å². The van der Waals surface area contributed by atoms with E-state index in [0.29, 0.717) is 11.1 Å². The molecule has 0 unspecified atom stereocenters. The predicted octanol–water partition coefficient (Wildman–Crippen LogP) is 2.54. The SMILES string of the molecule is O=C(COC(=O)[C@H]1[C@H]2CC[C@@H](C2)[C@@H]1C(=O)c1ccccc1)NNC(=O)c1ccccc1. The number of ketones is 1. The molecular weight excluding hydrogens is 396 g/mol. The van der Waals surface area contributed by atoms with Gasteiger partial charge in [-0.2, -0.15) is 0 Å². The summed E-state index contributed by atoms with van der Waals surface area (Å²) in [6.07, 6.45) is 2.66. The molecule has 2 N–H and O–H groups in total. The van der Waals surface area contributed by atoms with Gasteiger partial charge in [0, 0.05) is 17.0 Å². The van der Waals surface area contributed by atoms with E-state index < -0.39 is 36.2 Å². The van der Waals surface area contributed by atoms with Gasteiger partial charge in [0.15, 0.2) is 12.4 Å². The zero-order valence-corrected chi connectivity index (χ0v) is 17.0. The average molecular weight is 420 g/mol. The Balaban J connectivity index is 1.32. The fraction of sp³-hybridized carbons (Fsp3) is 0.333. The maximum absolute atomic E-state index is 13.1. The van der Waals surface area contributed by atoms with Gasteiger partial charge in [-0.25, -0.2) is 0 Å². The number of hydrogen-bond donors (Lipinski definition) is 2. The highest BCUT2D eigenvalue weighted by molar-refractivity contribution is 6.01. The van der Waals surface area contributed by atoms with Gasteiger partial charge in [-0.1, -0.05) is 48.5 Å². The first-order valence-corrected chi connectivity index (χ1v) is 10.4. The Kier molecular flexibility index (Phi) is 6.11. The average Bonchev–Trinajstić information content (AvgIpc) is 3.43. The third-order valence-electron chi connectivity index (χ3n) is 6.25. The van der Waals surface area contributed by atoms with Crippen LogP contribution in [0.15, 0.2) is 60.7 Å². The number of fused-ring (bicyclic) bond motifs is 2. The third-order valence-corrected chi connectivity index (χ3v) is 6.25. The van der Waals surface area contributed by atoms with Gasteiger partial charge in [0.25, 0.3) is 11.8 Å². The van der Waals surface area contributed by atoms with E-state index in [9.17, 15) is 19.2 Å². The van der Waals surface area contributed by atoms with Crippen LogP contribution >= 0.6 is 0 Å². The number of benzene rings is 2. The van der Waals surface area contributed by atoms with E-state index in [2.05, 4.69) is 10.9 Å². The number of Topliss-reactive ketones (excluding diaryl/α,β-unsaturated/α-hetero) is 1. The molecule has 0 radical (unpaired) electrons. The van der Waals surface area contributed by atoms with Crippen LogP contribution in [0.25, 0.3) is 0 Å². The lowest BCUT2D eigenvalue weighted by atomic mass is 9.75. The molecule has 0 aromatic heterocycles. The van der Waals surface area contributed by atoms with Crippen LogP contribution in [0.2, 0.25) is 0 Å². The number of nitrogens with one attached hydrogen (secondary N) is 2. The van der Waals surface area contributed by atoms with E-state index in [-0.39, 0.29) is 17.6 Å². The Hall–Kier alpha value is -3.48. The summed E-state index contributed by atoms with van der Waals surface area (Å²) in [6, 6.07) is 17.4. The lowest BCUT2D eigenvalue weighted by Gasteiger charge is -2.28. The summed E-state index contributed by atoms with van der Waals surface area (Å²) >= 11 is 0. The Bertz CT molecular complexity index is 976. The molecule has 0 saturated heterocycles. The van der Waals surface area contributed by atoms with E-state index >= 15 is 0 Å². The van der Waals surface area contributed by atoms with Crippen LogP contribution in [0, 0.1) is 23.7 Å². The maximum atomic E-state index is 13.1. The lowest BCUT2D eigenvalue weighted by molar-refractivity contribution is -0.155. The quantitative estimate of drug-likeness (QED) is 0.425. The minimum absolute atomic E-state index is 0.0330. The van der Waals surface area contributed by atoms with Crippen molar-refractivity contribution < 1.29 is 23.9 Å². The zero-order chi connectivity index (χ0) is 21.8. The van der Waals surface area contributed by atoms with Crippen molar-refractivity contribution >= 4 is 23.6 Å². The summed E-state index contributed by atoms with van der Waals surface area (Å²) < 4.78 is 5.24. The van der Waals surface area contributed by atoms with Gasteiger partial charge in [0.2, 0.25) is 0 Å². The van der Waals surface area contributed by atoms with Crippen LogP contribution in [-0.4, -0.2) is 30.2 Å². The molecule has 2 saturated carbocycles. The predicted molar refractivity (Wildman–Crippen MR) is 112 cm³/mol. The number of hydrogen-bond acceptors (Lipinski definition) is 5. The molecule has 0 spiro atoms. The summed E-state index contributed by atoms with van der Waals surface area (Å²) in [7, 11) is 0. The highest BCUT2D eigenvalue weighted by atomic mass is 16.5. The van der Waals surface area contributed by atoms with E-state index in [4.69, 9.17) is 4.74 Å². The molecule has 31 heavy (non-hydrogen) atoms. The van der Waals surface area contributed by atoms with Crippen LogP contribution in [0.4, 0.5) is 0 Å². The molecule has 2 fully saturated rings. The molecule has 4 atom stereocenters. The molecule has 7 nitrogen and oxygen atoms in total. The summed E-state index contributed by atoms with van der Waals surface area (Å²) in [5.41, 5.74) is 5.51. The van der Waals surface area contributed by atoms with E-state index in [0.717, 1.165) is 19.3 Å². The maximum Gasteiger partial charge on any atom is 0.310 e. The molecule has 2 aromatic rings. The molecule has 0 aliphatic heterocycles. The van der Waals surface area contributed by atoms with Gasteiger partial charge in [-0.15, -0.1) is 0 Å². The molecule has 2 bridgehead atoms. The molecule has 0 heterocycles. The second-order valence-electron chi connectivity index (χ2n) is 8.09. The molecule has 2 aromatic carbocycles. The zero-order valence-electron chi connectivity index (χ0n) is 17.0. The molecule has 160 valence electrons. The van der Waals surface area contributed by atoms with Crippen molar-refractivity contribution in [1.29, 1.82) is 0 Å². The van der Waals surface area contributed by atoms with Crippen LogP contribution in [0.5, 0.6) is 0 Å². The number of hydrazine groups is 1. The van der Waals surface area contributed by atoms with Gasteiger partial charge in [-0.05, 0) is 43.2 Å². The van der Waals surface area contributed by atoms with E-state index in [1.54, 1.807) is 42.5 Å². The Morgan fingerprint density at radius 1 is 0.774 bits per heavy atom. The standard InChI is InChI=1S/C24H24N2O5/c27-19(25-26-23(29)16-9-5-2-6-10-16)14-31-24(30)21-18-12-11-17(13-18)20(21)22(28)15-7-3-1-4-8-15/h1-10,17-18,20-21H,11-14H2,(H,25,27)(H,26,29)/t17-,18-,20-,21-/m0/s1. The first kappa shape index (κ1) is 20.8. The van der Waals surface area contributed by atoms with Crippen molar-refractivity contribution in [2.24, 2.45) is 23.7 Å². The third kappa shape index (κ3) is 4.50. The second-order valence-corrected chi connectivity index (χ2v) is 8.09. The summed E-state index contributed by atoms with van der Waals surface area (Å²) in [5, 5.41) is 0. The Labute approximate surface area is 180 Å². The lowest BCUT2D eigenvalue weighted by Crippen LogP contribution is -2.44. The smallest absolute Gasteiger partial charge is 0.310 e. The fourth-order valence-electron chi connectivity index (χ4n) is 4.86. The highest BCUT2D eigenvalue weighted by Gasteiger charge is 2.54. The van der Waals surface area contributed by atoms with Crippen LogP contribution in [0.3, 0.4) is 0 Å². The van der Waals surface area contributed by atoms with Crippen molar-refractivity contribution in [2.75, 3.05) is 6.61 Å². The molecule has 2 aliphatic rings. The van der Waals surface area contributed by atoms with Gasteiger partial charge in [0.1, 0.15) is 0 Å². The fourth-order valence-corrected chi connectivity index (χ4v) is 4.86. The van der Waals surface area contributed by atoms with Gasteiger partial charge in [0.05, 0.1) is 5.92 Å².